The highest BCUT2D eigenvalue weighted by molar-refractivity contribution is 6.04. The Hall–Kier alpha value is -3.34. The number of ether oxygens (including phenoxy) is 2. The number of Topliss-reactive ketones (excluding diaryl/α,β-unsaturated/α-hetero) is 1. The van der Waals surface area contributed by atoms with Crippen LogP contribution in [0.4, 0.5) is 0 Å². The van der Waals surface area contributed by atoms with Crippen LogP contribution in [-0.2, 0) is 14.3 Å². The Morgan fingerprint density at radius 1 is 1.00 bits per heavy atom. The second kappa shape index (κ2) is 8.19. The molecule has 0 fully saturated rings. The summed E-state index contributed by atoms with van der Waals surface area (Å²) in [4.78, 5) is 26.2. The molecule has 2 atom stereocenters. The third kappa shape index (κ3) is 3.41. The molecule has 2 unspecified atom stereocenters. The maximum absolute atomic E-state index is 13.4. The van der Waals surface area contributed by atoms with Gasteiger partial charge in [-0.3, -0.25) is 4.79 Å². The highest BCUT2D eigenvalue weighted by Gasteiger charge is 2.42. The van der Waals surface area contributed by atoms with E-state index in [2.05, 4.69) is 17.4 Å². The summed E-state index contributed by atoms with van der Waals surface area (Å²) in [6.45, 7) is 1.86. The lowest BCUT2D eigenvalue weighted by molar-refractivity contribution is -0.136. The predicted molar refractivity (Wildman–Crippen MR) is 114 cm³/mol. The van der Waals surface area contributed by atoms with Crippen LogP contribution in [0, 0.1) is 0 Å². The maximum atomic E-state index is 13.4. The summed E-state index contributed by atoms with van der Waals surface area (Å²) >= 11 is 0. The van der Waals surface area contributed by atoms with Gasteiger partial charge in [-0.15, -0.1) is 0 Å². The topological polar surface area (TPSA) is 64.6 Å². The van der Waals surface area contributed by atoms with Crippen molar-refractivity contribution in [3.8, 4) is 5.75 Å². The van der Waals surface area contributed by atoms with Crippen LogP contribution in [0.2, 0.25) is 0 Å². The fraction of sp³-hybridized carbons (Fsp3) is 0.280. The molecule has 1 heterocycles. The van der Waals surface area contributed by atoms with E-state index >= 15 is 0 Å². The van der Waals surface area contributed by atoms with Gasteiger partial charge in [-0.05, 0) is 30.9 Å². The first-order valence-corrected chi connectivity index (χ1v) is 10.0. The molecule has 5 heteroatoms. The number of carbonyl (C=O) groups excluding carboxylic acids is 2. The van der Waals surface area contributed by atoms with Crippen molar-refractivity contribution in [2.45, 2.75) is 31.6 Å². The maximum Gasteiger partial charge on any atom is 0.336 e. The number of para-hydroxylation sites is 1. The van der Waals surface area contributed by atoms with Gasteiger partial charge in [0.15, 0.2) is 5.78 Å². The monoisotopic (exact) mass is 403 g/mol. The Balaban J connectivity index is 1.85. The Bertz CT molecular complexity index is 1050. The molecule has 1 aliphatic heterocycles. The van der Waals surface area contributed by atoms with Gasteiger partial charge in [0.05, 0.1) is 25.7 Å². The lowest BCUT2D eigenvalue weighted by Gasteiger charge is -2.37. The number of nitrogens with one attached hydrogen (secondary N) is 1. The second-order valence-electron chi connectivity index (χ2n) is 7.66. The first-order valence-electron chi connectivity index (χ1n) is 10.0. The van der Waals surface area contributed by atoms with E-state index in [0.717, 1.165) is 16.8 Å². The second-order valence-corrected chi connectivity index (χ2v) is 7.66. The van der Waals surface area contributed by atoms with Crippen LogP contribution >= 0.6 is 0 Å². The highest BCUT2D eigenvalue weighted by atomic mass is 16.5. The molecule has 0 bridgehead atoms. The zero-order valence-corrected chi connectivity index (χ0v) is 17.4. The lowest BCUT2D eigenvalue weighted by atomic mass is 9.71. The summed E-state index contributed by atoms with van der Waals surface area (Å²) in [5.41, 5.74) is 4.61. The smallest absolute Gasteiger partial charge is 0.336 e. The van der Waals surface area contributed by atoms with Gasteiger partial charge in [0.1, 0.15) is 5.75 Å². The molecular formula is C25H25NO4. The van der Waals surface area contributed by atoms with Crippen LogP contribution in [0.15, 0.2) is 77.1 Å². The molecule has 0 saturated carbocycles. The third-order valence-electron chi connectivity index (χ3n) is 5.95. The number of benzene rings is 2. The number of ketones is 1. The molecule has 1 N–H and O–H groups in total. The number of carbonyl (C=O) groups is 2. The SMILES string of the molecule is COC(=O)C1=C(C)NC2=C(C(=O)CC(c3ccccc3)C2)C1c1ccccc1OC. The van der Waals surface area contributed by atoms with Crippen LogP contribution in [0.5, 0.6) is 5.75 Å². The molecule has 0 radical (unpaired) electrons. The average Bonchev–Trinajstić information content (AvgIpc) is 2.78. The van der Waals surface area contributed by atoms with Gasteiger partial charge in [-0.2, -0.15) is 0 Å². The van der Waals surface area contributed by atoms with Crippen molar-refractivity contribution in [2.24, 2.45) is 0 Å². The van der Waals surface area contributed by atoms with Crippen molar-refractivity contribution in [2.75, 3.05) is 14.2 Å². The molecule has 0 amide bonds. The summed E-state index contributed by atoms with van der Waals surface area (Å²) in [7, 11) is 2.96. The molecule has 2 aromatic carbocycles. The molecule has 4 rings (SSSR count). The minimum atomic E-state index is -0.519. The average molecular weight is 403 g/mol. The Labute approximate surface area is 176 Å². The molecule has 2 aliphatic rings. The highest BCUT2D eigenvalue weighted by Crippen LogP contribution is 2.47. The zero-order chi connectivity index (χ0) is 21.3. The fourth-order valence-corrected chi connectivity index (χ4v) is 4.60. The Morgan fingerprint density at radius 2 is 1.70 bits per heavy atom. The summed E-state index contributed by atoms with van der Waals surface area (Å²) < 4.78 is 10.7. The van der Waals surface area contributed by atoms with E-state index in [1.54, 1.807) is 7.11 Å². The Kier molecular flexibility index (Phi) is 5.44. The predicted octanol–water partition coefficient (Wildman–Crippen LogP) is 4.23. The Morgan fingerprint density at radius 3 is 2.40 bits per heavy atom. The van der Waals surface area contributed by atoms with Gasteiger partial charge in [-0.25, -0.2) is 4.79 Å². The van der Waals surface area contributed by atoms with Gasteiger partial charge in [0.2, 0.25) is 0 Å². The molecule has 0 spiro atoms. The molecule has 5 nitrogen and oxygen atoms in total. The minimum Gasteiger partial charge on any atom is -0.496 e. The van der Waals surface area contributed by atoms with Crippen molar-refractivity contribution in [3.63, 3.8) is 0 Å². The van der Waals surface area contributed by atoms with Crippen LogP contribution in [-0.4, -0.2) is 26.0 Å². The van der Waals surface area contributed by atoms with E-state index in [0.29, 0.717) is 35.4 Å². The van der Waals surface area contributed by atoms with Crippen LogP contribution < -0.4 is 10.1 Å². The number of methoxy groups -OCH3 is 2. The van der Waals surface area contributed by atoms with Crippen molar-refractivity contribution >= 4 is 11.8 Å². The van der Waals surface area contributed by atoms with E-state index in [9.17, 15) is 9.59 Å². The number of esters is 1. The van der Waals surface area contributed by atoms with Crippen LogP contribution in [0.25, 0.3) is 0 Å². The first-order chi connectivity index (χ1) is 14.5. The summed E-state index contributed by atoms with van der Waals surface area (Å²) in [5.74, 6) is -0.170. The molecule has 2 aromatic rings. The number of allylic oxidation sites excluding steroid dienone is 3. The van der Waals surface area contributed by atoms with Gasteiger partial charge < -0.3 is 14.8 Å². The molecule has 30 heavy (non-hydrogen) atoms. The molecule has 154 valence electrons. The van der Waals surface area contributed by atoms with Gasteiger partial charge in [-0.1, -0.05) is 48.5 Å². The third-order valence-corrected chi connectivity index (χ3v) is 5.95. The minimum absolute atomic E-state index is 0.0439. The van der Waals surface area contributed by atoms with Gasteiger partial charge in [0, 0.05) is 29.0 Å². The van der Waals surface area contributed by atoms with Crippen molar-refractivity contribution in [3.05, 3.63) is 88.3 Å². The summed E-state index contributed by atoms with van der Waals surface area (Å²) in [6, 6.07) is 17.6. The molecule has 0 aromatic heterocycles. The fourth-order valence-electron chi connectivity index (χ4n) is 4.60. The lowest BCUT2D eigenvalue weighted by Crippen LogP contribution is -2.36. The normalized spacial score (nSPS) is 21.1. The van der Waals surface area contributed by atoms with E-state index in [1.807, 2.05) is 49.4 Å². The van der Waals surface area contributed by atoms with Gasteiger partial charge in [0.25, 0.3) is 0 Å². The van der Waals surface area contributed by atoms with E-state index in [4.69, 9.17) is 9.47 Å². The van der Waals surface area contributed by atoms with E-state index in [-0.39, 0.29) is 11.7 Å². The number of rotatable bonds is 4. The zero-order valence-electron chi connectivity index (χ0n) is 17.4. The summed E-state index contributed by atoms with van der Waals surface area (Å²) in [5, 5.41) is 3.35. The summed E-state index contributed by atoms with van der Waals surface area (Å²) in [6.07, 6.45) is 1.12. The molecular weight excluding hydrogens is 378 g/mol. The van der Waals surface area contributed by atoms with Gasteiger partial charge >= 0.3 is 5.97 Å². The van der Waals surface area contributed by atoms with Crippen LogP contribution in [0.1, 0.15) is 42.7 Å². The number of dihydropyridines is 1. The van der Waals surface area contributed by atoms with Crippen LogP contribution in [0.3, 0.4) is 0 Å². The largest absolute Gasteiger partial charge is 0.496 e. The quantitative estimate of drug-likeness (QED) is 0.774. The van der Waals surface area contributed by atoms with Crippen molar-refractivity contribution < 1.29 is 19.1 Å². The van der Waals surface area contributed by atoms with E-state index in [1.165, 1.54) is 7.11 Å². The van der Waals surface area contributed by atoms with E-state index < -0.39 is 11.9 Å². The standard InChI is InChI=1S/C25H25NO4/c1-15-22(25(28)30-3)23(18-11-7-8-12-21(18)29-2)24-19(26-15)13-17(14-20(24)27)16-9-5-4-6-10-16/h4-12,17,23,26H,13-14H2,1-3H3. The molecule has 1 aliphatic carbocycles. The number of hydrogen-bond acceptors (Lipinski definition) is 5. The van der Waals surface area contributed by atoms with Crippen molar-refractivity contribution in [1.82, 2.24) is 5.32 Å². The molecule has 0 saturated heterocycles. The number of hydrogen-bond donors (Lipinski definition) is 1. The van der Waals surface area contributed by atoms with Crippen molar-refractivity contribution in [1.29, 1.82) is 0 Å². The first kappa shape index (κ1) is 20.0.